The molecule has 0 atom stereocenters. The molecule has 0 radical (unpaired) electrons. The number of allylic oxidation sites excluding steroid dienone is 4. The van der Waals surface area contributed by atoms with Gasteiger partial charge < -0.3 is 24.8 Å². The van der Waals surface area contributed by atoms with Crippen molar-refractivity contribution in [3.63, 3.8) is 0 Å². The van der Waals surface area contributed by atoms with Gasteiger partial charge in [-0.1, -0.05) is 103 Å². The number of aryl methyl sites for hydroxylation is 2. The summed E-state index contributed by atoms with van der Waals surface area (Å²) in [5, 5.41) is 5.54. The molecule has 6 rings (SSSR count). The molecule has 0 unspecified atom stereocenters. The van der Waals surface area contributed by atoms with Crippen LogP contribution in [0.3, 0.4) is 0 Å². The minimum absolute atomic E-state index is 0. The third kappa shape index (κ3) is 10.5. The van der Waals surface area contributed by atoms with Crippen molar-refractivity contribution in [3.05, 3.63) is 148 Å². The number of rotatable bonds is 7. The van der Waals surface area contributed by atoms with Gasteiger partial charge in [0.15, 0.2) is 0 Å². The minimum atomic E-state index is 0. The fourth-order valence-electron chi connectivity index (χ4n) is 6.20. The molecule has 5 aromatic rings. The van der Waals surface area contributed by atoms with Crippen LogP contribution in [0.15, 0.2) is 120 Å². The Labute approximate surface area is 312 Å². The maximum absolute atomic E-state index is 3.56. The van der Waals surface area contributed by atoms with Crippen LogP contribution in [0.4, 0.5) is 0 Å². The van der Waals surface area contributed by atoms with E-state index in [1.54, 1.807) is 11.1 Å². The van der Waals surface area contributed by atoms with Gasteiger partial charge >= 0.3 is 99.2 Å². The monoisotopic (exact) mass is 738 g/mol. The third-order valence-electron chi connectivity index (χ3n) is 8.73. The molecule has 0 N–H and O–H groups in total. The Bertz CT molecular complexity index is 1670. The van der Waals surface area contributed by atoms with Gasteiger partial charge in [0.1, 0.15) is 0 Å². The number of fused-ring (bicyclic) bond motifs is 3. The van der Waals surface area contributed by atoms with E-state index in [0.717, 1.165) is 19.3 Å². The van der Waals surface area contributed by atoms with Crippen LogP contribution < -0.4 is 24.8 Å². The molecule has 246 valence electrons. The van der Waals surface area contributed by atoms with E-state index in [4.69, 9.17) is 0 Å². The summed E-state index contributed by atoms with van der Waals surface area (Å²) >= 11 is 1.46. The molecule has 0 spiro atoms. The van der Waals surface area contributed by atoms with Gasteiger partial charge in [0, 0.05) is 0 Å². The van der Waals surface area contributed by atoms with E-state index in [9.17, 15) is 0 Å². The van der Waals surface area contributed by atoms with Crippen LogP contribution in [0.1, 0.15) is 84.1 Å². The van der Waals surface area contributed by atoms with Crippen LogP contribution in [-0.4, -0.2) is 3.21 Å². The van der Waals surface area contributed by atoms with Crippen LogP contribution in [0.2, 0.25) is 0 Å². The number of halogens is 2. The first-order valence-electron chi connectivity index (χ1n) is 16.8. The van der Waals surface area contributed by atoms with Crippen LogP contribution in [0.5, 0.6) is 0 Å². The molecule has 0 heterocycles. The number of benzene rings is 4. The van der Waals surface area contributed by atoms with E-state index in [0.29, 0.717) is 17.8 Å². The molecule has 3 heteroatoms. The quantitative estimate of drug-likeness (QED) is 0.179. The van der Waals surface area contributed by atoms with Gasteiger partial charge in [0.25, 0.3) is 0 Å². The van der Waals surface area contributed by atoms with Gasteiger partial charge in [-0.3, -0.25) is 6.08 Å². The summed E-state index contributed by atoms with van der Waals surface area (Å²) in [5.74, 6) is 1.96. The Kier molecular flexibility index (Phi) is 16.9. The van der Waals surface area contributed by atoms with E-state index in [1.165, 1.54) is 76.8 Å². The molecule has 0 aromatic heterocycles. The first-order valence-corrected chi connectivity index (χ1v) is 18.0. The van der Waals surface area contributed by atoms with Crippen LogP contribution in [0.25, 0.3) is 21.5 Å². The second-order valence-corrected chi connectivity index (χ2v) is 14.2. The van der Waals surface area contributed by atoms with Gasteiger partial charge in [-0.15, -0.1) is 46.2 Å². The Morgan fingerprint density at radius 2 is 1.09 bits per heavy atom. The second-order valence-electron chi connectivity index (χ2n) is 13.0. The van der Waals surface area contributed by atoms with Gasteiger partial charge in [0.05, 0.1) is 0 Å². The summed E-state index contributed by atoms with van der Waals surface area (Å²) in [5.41, 5.74) is 10.2. The summed E-state index contributed by atoms with van der Waals surface area (Å²) in [6.45, 7) is 18.1. The molecule has 0 fully saturated rings. The standard InChI is InChI=1S/C17H17.C14H23.C13H10.2ClH.Zr/c1-3-12-5-7-16-14(9-12)11-15-10-13(4-2)6-8-17(15)16;1-9(2)12-7-8-13(10(3)4)14(12)11(5)6;1-3-7-12(8-4-1)11-13-9-5-2-6-10-13;;;/h5-11H,3-4H2,1-2H3;9-11H,7H2,1-6H3;1-10H;2*1H;/q2*-1;;;;+2/p-2. The predicted molar refractivity (Wildman–Crippen MR) is 195 cm³/mol. The zero-order valence-corrected chi connectivity index (χ0v) is 33.4. The van der Waals surface area contributed by atoms with E-state index >= 15 is 0 Å². The first kappa shape index (κ1) is 40.7. The fourth-order valence-corrected chi connectivity index (χ4v) is 7.02. The molecular weight excluding hydrogens is 691 g/mol. The van der Waals surface area contributed by atoms with Crippen LogP contribution in [0, 0.1) is 23.8 Å². The van der Waals surface area contributed by atoms with Crippen LogP contribution in [-0.2, 0) is 37.1 Å². The van der Waals surface area contributed by atoms with E-state index in [2.05, 4.69) is 165 Å². The van der Waals surface area contributed by atoms with Crippen molar-refractivity contribution in [3.8, 4) is 0 Å². The second kappa shape index (κ2) is 19.5. The summed E-state index contributed by atoms with van der Waals surface area (Å²) in [6, 6.07) is 37.1. The third-order valence-corrected chi connectivity index (χ3v) is 10.2. The average molecular weight is 741 g/mol. The van der Waals surface area contributed by atoms with Gasteiger partial charge in [-0.25, -0.2) is 5.57 Å². The molecule has 0 nitrogen and oxygen atoms in total. The van der Waals surface area contributed by atoms with Crippen LogP contribution >= 0.6 is 0 Å². The maximum atomic E-state index is 3.56. The van der Waals surface area contributed by atoms with Crippen molar-refractivity contribution in [1.82, 2.24) is 0 Å². The molecule has 0 amide bonds. The summed E-state index contributed by atoms with van der Waals surface area (Å²) in [4.78, 5) is 0. The number of hydrogen-bond donors (Lipinski definition) is 0. The van der Waals surface area contributed by atoms with Crippen molar-refractivity contribution >= 4 is 24.8 Å². The van der Waals surface area contributed by atoms with Crippen molar-refractivity contribution in [2.24, 2.45) is 17.8 Å². The van der Waals surface area contributed by atoms with Crippen molar-refractivity contribution < 1.29 is 49.0 Å². The molecule has 5 aromatic carbocycles. The zero-order valence-electron chi connectivity index (χ0n) is 29.4. The molecule has 0 saturated carbocycles. The summed E-state index contributed by atoms with van der Waals surface area (Å²) in [7, 11) is 0. The molecule has 0 bridgehead atoms. The van der Waals surface area contributed by atoms with Gasteiger partial charge in [-0.05, 0) is 18.8 Å². The predicted octanol–water partition coefficient (Wildman–Crippen LogP) is 6.03. The van der Waals surface area contributed by atoms with Gasteiger partial charge in [-0.2, -0.15) is 11.1 Å². The normalized spacial score (nSPS) is 12.3. The van der Waals surface area contributed by atoms with E-state index < -0.39 is 0 Å². The molecular formula is C44H50Cl2Zr-2. The Morgan fingerprint density at radius 3 is 1.45 bits per heavy atom. The molecule has 0 saturated heterocycles. The number of hydrogen-bond acceptors (Lipinski definition) is 0. The van der Waals surface area contributed by atoms with Crippen molar-refractivity contribution in [2.45, 2.75) is 74.7 Å². The average Bonchev–Trinajstić information content (AvgIpc) is 3.68. The Morgan fingerprint density at radius 1 is 0.638 bits per heavy atom. The zero-order chi connectivity index (χ0) is 32.5. The van der Waals surface area contributed by atoms with Crippen molar-refractivity contribution in [2.75, 3.05) is 0 Å². The first-order chi connectivity index (χ1) is 21.6. The van der Waals surface area contributed by atoms with E-state index in [-0.39, 0.29) is 24.8 Å². The van der Waals surface area contributed by atoms with Gasteiger partial charge in [0.2, 0.25) is 0 Å². The molecule has 1 aliphatic rings. The Balaban J connectivity index is 0.000000242. The molecule has 1 aliphatic carbocycles. The SMILES string of the molecule is CC(C)C1=[C-]CC(C(C)C)=C1C(C)C.CCc1ccc2c(c1)[cH-]c1cc(CC)ccc12.[Cl-].[Cl-].[Zr+2]=[C](c1ccccc1)c1ccccc1. The van der Waals surface area contributed by atoms with Crippen molar-refractivity contribution in [1.29, 1.82) is 0 Å². The molecule has 47 heavy (non-hydrogen) atoms. The summed E-state index contributed by atoms with van der Waals surface area (Å²) in [6.07, 6.45) is 6.85. The fraction of sp³-hybridized carbons (Fsp3) is 0.318. The summed E-state index contributed by atoms with van der Waals surface area (Å²) < 4.78 is 1.42. The topological polar surface area (TPSA) is 0 Å². The Hall–Kier alpha value is -2.44. The molecule has 0 aliphatic heterocycles. The van der Waals surface area contributed by atoms with E-state index in [1.807, 2.05) is 0 Å².